The lowest BCUT2D eigenvalue weighted by molar-refractivity contribution is 0.576. The highest BCUT2D eigenvalue weighted by atomic mass is 19.1. The fourth-order valence-electron chi connectivity index (χ4n) is 1.11. The van der Waals surface area contributed by atoms with Crippen molar-refractivity contribution in [2.45, 2.75) is 6.42 Å². The van der Waals surface area contributed by atoms with Gasteiger partial charge in [0.05, 0.1) is 0 Å². The van der Waals surface area contributed by atoms with Crippen LogP contribution in [0.2, 0.25) is 0 Å². The Balaban J connectivity index is 3.00. The van der Waals surface area contributed by atoms with E-state index in [1.165, 1.54) is 6.07 Å². The van der Waals surface area contributed by atoms with Gasteiger partial charge in [0.25, 0.3) is 0 Å². The molecule has 0 amide bonds. The first-order chi connectivity index (χ1) is 7.19. The molecule has 0 atom stereocenters. The van der Waals surface area contributed by atoms with E-state index < -0.39 is 17.2 Å². The predicted octanol–water partition coefficient (Wildman–Crippen LogP) is 2.20. The summed E-state index contributed by atoms with van der Waals surface area (Å²) < 4.78 is 26.2. The van der Waals surface area contributed by atoms with Crippen LogP contribution in [0, 0.1) is 23.0 Å². The molecular formula is C11H10F2N2. The minimum Gasteiger partial charge on any atom is -0.330 e. The molecule has 2 nitrogen and oxygen atoms in total. The van der Waals surface area contributed by atoms with Crippen molar-refractivity contribution in [3.63, 3.8) is 0 Å². The molecule has 0 unspecified atom stereocenters. The van der Waals surface area contributed by atoms with E-state index in [0.717, 1.165) is 12.1 Å². The number of nitrogens with zero attached hydrogens (tertiary/aromatic N) is 1. The van der Waals surface area contributed by atoms with Crippen LogP contribution in [0.1, 0.15) is 17.5 Å². The van der Waals surface area contributed by atoms with Crippen LogP contribution in [0.3, 0.4) is 0 Å². The summed E-state index contributed by atoms with van der Waals surface area (Å²) in [7, 11) is 0. The number of benzene rings is 1. The summed E-state index contributed by atoms with van der Waals surface area (Å²) in [5, 5.41) is 8.44. The predicted molar refractivity (Wildman–Crippen MR) is 53.8 cm³/mol. The maximum Gasteiger partial charge on any atom is 0.144 e. The van der Waals surface area contributed by atoms with Gasteiger partial charge in [0.1, 0.15) is 23.3 Å². The summed E-state index contributed by atoms with van der Waals surface area (Å²) in [4.78, 5) is 0. The summed E-state index contributed by atoms with van der Waals surface area (Å²) in [5.74, 6) is -1.69. The number of hydrogen-bond donors (Lipinski definition) is 1. The topological polar surface area (TPSA) is 49.8 Å². The van der Waals surface area contributed by atoms with Gasteiger partial charge in [-0.1, -0.05) is 12.2 Å². The third-order valence-corrected chi connectivity index (χ3v) is 1.82. The number of halogens is 2. The molecule has 0 spiro atoms. The zero-order valence-electron chi connectivity index (χ0n) is 8.00. The lowest BCUT2D eigenvalue weighted by atomic mass is 10.1. The van der Waals surface area contributed by atoms with E-state index in [1.807, 2.05) is 0 Å². The fraction of sp³-hybridized carbons (Fsp3) is 0.182. The largest absolute Gasteiger partial charge is 0.330 e. The van der Waals surface area contributed by atoms with Gasteiger partial charge < -0.3 is 5.73 Å². The summed E-state index contributed by atoms with van der Waals surface area (Å²) >= 11 is 0. The van der Waals surface area contributed by atoms with E-state index in [1.54, 1.807) is 12.2 Å². The summed E-state index contributed by atoms with van der Waals surface area (Å²) in [5.41, 5.74) is 5.09. The number of hydrogen-bond acceptors (Lipinski definition) is 2. The molecule has 0 bridgehead atoms. The van der Waals surface area contributed by atoms with E-state index in [0.29, 0.717) is 18.5 Å². The molecule has 0 aromatic heterocycles. The fourth-order valence-corrected chi connectivity index (χ4v) is 1.11. The van der Waals surface area contributed by atoms with E-state index in [9.17, 15) is 8.78 Å². The molecule has 4 heteroatoms. The van der Waals surface area contributed by atoms with Crippen LogP contribution in [0.5, 0.6) is 0 Å². The number of rotatable bonds is 3. The second kappa shape index (κ2) is 5.23. The molecule has 0 aliphatic heterocycles. The van der Waals surface area contributed by atoms with Gasteiger partial charge in [0, 0.05) is 0 Å². The third kappa shape index (κ3) is 2.86. The number of nitrogens with two attached hydrogens (primary N) is 1. The maximum absolute atomic E-state index is 13.1. The van der Waals surface area contributed by atoms with Gasteiger partial charge in [-0.2, -0.15) is 5.26 Å². The number of nitriles is 1. The first kappa shape index (κ1) is 11.3. The van der Waals surface area contributed by atoms with Crippen molar-refractivity contribution in [3.05, 3.63) is 41.0 Å². The van der Waals surface area contributed by atoms with Gasteiger partial charge in [-0.25, -0.2) is 8.78 Å². The van der Waals surface area contributed by atoms with E-state index in [4.69, 9.17) is 11.0 Å². The molecule has 0 fully saturated rings. The van der Waals surface area contributed by atoms with Crippen LogP contribution >= 0.6 is 0 Å². The van der Waals surface area contributed by atoms with Crippen LogP contribution in [0.15, 0.2) is 18.2 Å². The molecule has 2 N–H and O–H groups in total. The van der Waals surface area contributed by atoms with Crippen LogP contribution in [-0.4, -0.2) is 6.54 Å². The molecule has 0 aliphatic carbocycles. The Morgan fingerprint density at radius 1 is 1.33 bits per heavy atom. The van der Waals surface area contributed by atoms with Gasteiger partial charge in [0.2, 0.25) is 0 Å². The second-order valence-electron chi connectivity index (χ2n) is 2.95. The van der Waals surface area contributed by atoms with E-state index >= 15 is 0 Å². The first-order valence-corrected chi connectivity index (χ1v) is 4.44. The molecule has 0 heterocycles. The van der Waals surface area contributed by atoms with Gasteiger partial charge in [-0.3, -0.25) is 0 Å². The lowest BCUT2D eigenvalue weighted by Gasteiger charge is -1.98. The highest BCUT2D eigenvalue weighted by molar-refractivity contribution is 5.51. The standard InChI is InChI=1S/C11H10F2N2/c12-10-5-8(3-1-2-4-14)6-11(13)9(10)7-15/h1,3,5-6H,2,4,14H2. The Hall–Kier alpha value is -1.73. The van der Waals surface area contributed by atoms with Gasteiger partial charge in [0.15, 0.2) is 0 Å². The molecule has 0 saturated heterocycles. The zero-order chi connectivity index (χ0) is 11.3. The lowest BCUT2D eigenvalue weighted by Crippen LogP contribution is -1.95. The van der Waals surface area contributed by atoms with Crippen molar-refractivity contribution in [1.82, 2.24) is 0 Å². The normalized spacial score (nSPS) is 10.5. The molecule has 15 heavy (non-hydrogen) atoms. The minimum absolute atomic E-state index is 0.387. The van der Waals surface area contributed by atoms with Crippen LogP contribution in [0.4, 0.5) is 8.78 Å². The third-order valence-electron chi connectivity index (χ3n) is 1.82. The minimum atomic E-state index is -0.843. The van der Waals surface area contributed by atoms with E-state index in [-0.39, 0.29) is 0 Å². The monoisotopic (exact) mass is 208 g/mol. The Morgan fingerprint density at radius 2 is 1.93 bits per heavy atom. The maximum atomic E-state index is 13.1. The van der Waals surface area contributed by atoms with Crippen molar-refractivity contribution in [1.29, 1.82) is 5.26 Å². The molecule has 1 rings (SSSR count). The highest BCUT2D eigenvalue weighted by Crippen LogP contribution is 2.15. The SMILES string of the molecule is N#Cc1c(F)cc(C=CCCN)cc1F. The molecule has 1 aromatic rings. The molecule has 0 aliphatic rings. The smallest absolute Gasteiger partial charge is 0.144 e. The summed E-state index contributed by atoms with van der Waals surface area (Å²) in [6, 6.07) is 3.70. The van der Waals surface area contributed by atoms with Crippen LogP contribution < -0.4 is 5.73 Å². The van der Waals surface area contributed by atoms with Crippen molar-refractivity contribution < 1.29 is 8.78 Å². The van der Waals surface area contributed by atoms with Crippen LogP contribution in [-0.2, 0) is 0 Å². The first-order valence-electron chi connectivity index (χ1n) is 4.44. The highest BCUT2D eigenvalue weighted by Gasteiger charge is 2.08. The quantitative estimate of drug-likeness (QED) is 0.827. The van der Waals surface area contributed by atoms with Gasteiger partial charge in [-0.05, 0) is 30.7 Å². The Kier molecular flexibility index (Phi) is 3.95. The Morgan fingerprint density at radius 3 is 2.40 bits per heavy atom. The molecule has 1 aromatic carbocycles. The Bertz CT molecular complexity index is 396. The van der Waals surface area contributed by atoms with Crippen molar-refractivity contribution in [3.8, 4) is 6.07 Å². The average Bonchev–Trinajstić information content (AvgIpc) is 2.18. The van der Waals surface area contributed by atoms with Gasteiger partial charge in [-0.15, -0.1) is 0 Å². The van der Waals surface area contributed by atoms with Crippen molar-refractivity contribution in [2.75, 3.05) is 6.54 Å². The van der Waals surface area contributed by atoms with Crippen molar-refractivity contribution >= 4 is 6.08 Å². The molecule has 78 valence electrons. The summed E-state index contributed by atoms with van der Waals surface area (Å²) in [6.45, 7) is 0.484. The second-order valence-corrected chi connectivity index (χ2v) is 2.95. The molecule has 0 radical (unpaired) electrons. The average molecular weight is 208 g/mol. The van der Waals surface area contributed by atoms with E-state index in [2.05, 4.69) is 0 Å². The molecule has 0 saturated carbocycles. The van der Waals surface area contributed by atoms with Gasteiger partial charge >= 0.3 is 0 Å². The molecular weight excluding hydrogens is 198 g/mol. The van der Waals surface area contributed by atoms with Crippen molar-refractivity contribution in [2.24, 2.45) is 5.73 Å². The Labute approximate surface area is 86.6 Å². The zero-order valence-corrected chi connectivity index (χ0v) is 8.00. The van der Waals surface area contributed by atoms with Crippen LogP contribution in [0.25, 0.3) is 6.08 Å². The summed E-state index contributed by atoms with van der Waals surface area (Å²) in [6.07, 6.45) is 3.93.